The molecule has 0 bridgehead atoms. The number of anilines is 3. The van der Waals surface area contributed by atoms with E-state index in [1.54, 1.807) is 24.3 Å². The summed E-state index contributed by atoms with van der Waals surface area (Å²) in [6.07, 6.45) is 12.3. The van der Waals surface area contributed by atoms with Crippen LogP contribution in [0.3, 0.4) is 0 Å². The van der Waals surface area contributed by atoms with E-state index in [1.807, 2.05) is 24.3 Å². The van der Waals surface area contributed by atoms with Crippen LogP contribution in [0.2, 0.25) is 0 Å². The first kappa shape index (κ1) is 30.2. The second kappa shape index (κ2) is 14.3. The van der Waals surface area contributed by atoms with Crippen LogP contribution >= 0.6 is 0 Å². The molecule has 6 rings (SSSR count). The van der Waals surface area contributed by atoms with Crippen LogP contribution in [0.15, 0.2) is 146 Å². The first-order valence-corrected chi connectivity index (χ1v) is 15.2. The number of nitrogens with zero attached hydrogens (tertiary/aromatic N) is 1. The minimum absolute atomic E-state index is 0.242. The maximum atomic E-state index is 13.3. The minimum atomic E-state index is -0.242. The summed E-state index contributed by atoms with van der Waals surface area (Å²) in [6.45, 7) is 2.09. The smallest absolute Gasteiger partial charge is 0.123 e. The fourth-order valence-corrected chi connectivity index (χ4v) is 5.05. The van der Waals surface area contributed by atoms with Crippen LogP contribution in [0.25, 0.3) is 36.5 Å². The molecule has 224 valence electrons. The summed E-state index contributed by atoms with van der Waals surface area (Å²) < 4.78 is 26.6. The van der Waals surface area contributed by atoms with Gasteiger partial charge >= 0.3 is 0 Å². The Morgan fingerprint density at radius 3 is 0.804 bits per heavy atom. The van der Waals surface area contributed by atoms with Gasteiger partial charge in [0.1, 0.15) is 11.6 Å². The van der Waals surface area contributed by atoms with Gasteiger partial charge in [-0.05, 0) is 101 Å². The Balaban J connectivity index is 1.27. The molecule has 6 aromatic carbocycles. The molecule has 0 radical (unpaired) electrons. The number of rotatable bonds is 9. The van der Waals surface area contributed by atoms with Crippen molar-refractivity contribution in [1.29, 1.82) is 0 Å². The number of halogens is 2. The van der Waals surface area contributed by atoms with E-state index in [9.17, 15) is 8.78 Å². The molecule has 0 atom stereocenters. The van der Waals surface area contributed by atoms with Crippen LogP contribution in [-0.2, 0) is 0 Å². The van der Waals surface area contributed by atoms with E-state index in [0.717, 1.165) is 44.9 Å². The van der Waals surface area contributed by atoms with Crippen molar-refractivity contribution in [2.45, 2.75) is 6.92 Å². The van der Waals surface area contributed by atoms with Gasteiger partial charge in [0.05, 0.1) is 0 Å². The van der Waals surface area contributed by atoms with E-state index in [1.165, 1.54) is 35.4 Å². The van der Waals surface area contributed by atoms with Crippen LogP contribution < -0.4 is 4.90 Å². The molecule has 0 aliphatic rings. The summed E-state index contributed by atoms with van der Waals surface area (Å²) in [7, 11) is 0. The van der Waals surface area contributed by atoms with Gasteiger partial charge in [-0.25, -0.2) is 8.78 Å². The lowest BCUT2D eigenvalue weighted by atomic mass is 10.1. The van der Waals surface area contributed by atoms with Crippen molar-refractivity contribution < 1.29 is 8.78 Å². The highest BCUT2D eigenvalue weighted by atomic mass is 19.1. The predicted octanol–water partition coefficient (Wildman–Crippen LogP) is 12.3. The van der Waals surface area contributed by atoms with Gasteiger partial charge in [-0.1, -0.05) is 127 Å². The third-order valence-corrected chi connectivity index (χ3v) is 7.68. The molecule has 0 fully saturated rings. The average molecular weight is 602 g/mol. The van der Waals surface area contributed by atoms with E-state index < -0.39 is 0 Å². The van der Waals surface area contributed by atoms with Gasteiger partial charge in [0.15, 0.2) is 0 Å². The molecule has 0 amide bonds. The fourth-order valence-electron chi connectivity index (χ4n) is 5.05. The topological polar surface area (TPSA) is 3.24 Å². The molecule has 0 aliphatic heterocycles. The zero-order chi connectivity index (χ0) is 31.7. The van der Waals surface area contributed by atoms with Crippen molar-refractivity contribution in [3.8, 4) is 0 Å². The summed E-state index contributed by atoms with van der Waals surface area (Å²) in [4.78, 5) is 2.23. The number of benzene rings is 6. The Kier molecular flexibility index (Phi) is 9.41. The third-order valence-electron chi connectivity index (χ3n) is 7.68. The standard InChI is InChI=1S/C43H33F2N/c1-32-2-4-33(5-3-32)6-9-36-16-26-41(27-17-36)46(42-28-18-37(19-29-42)10-7-34-12-22-39(44)23-13-34)43-30-20-38(21-31-43)11-8-35-14-24-40(45)25-15-35/h2-31H,1H3/b9-6+,10-7+,11-8+. The first-order valence-electron chi connectivity index (χ1n) is 15.2. The Labute approximate surface area is 269 Å². The lowest BCUT2D eigenvalue weighted by Crippen LogP contribution is -2.09. The van der Waals surface area contributed by atoms with Crippen LogP contribution in [-0.4, -0.2) is 0 Å². The molecular formula is C43H33F2N. The third kappa shape index (κ3) is 8.02. The average Bonchev–Trinajstić information content (AvgIpc) is 3.09. The molecule has 0 saturated carbocycles. The van der Waals surface area contributed by atoms with Gasteiger partial charge in [-0.15, -0.1) is 0 Å². The molecule has 0 aromatic heterocycles. The van der Waals surface area contributed by atoms with Crippen LogP contribution in [0.1, 0.15) is 38.9 Å². The summed E-state index contributed by atoms with van der Waals surface area (Å²) in [6, 6.07) is 46.7. The van der Waals surface area contributed by atoms with Gasteiger partial charge < -0.3 is 4.90 Å². The number of hydrogen-bond donors (Lipinski definition) is 0. The van der Waals surface area contributed by atoms with Crippen molar-refractivity contribution in [3.63, 3.8) is 0 Å². The summed E-state index contributed by atoms with van der Waals surface area (Å²) in [5.74, 6) is -0.484. The second-order valence-electron chi connectivity index (χ2n) is 11.1. The molecule has 46 heavy (non-hydrogen) atoms. The van der Waals surface area contributed by atoms with Gasteiger partial charge in [-0.3, -0.25) is 0 Å². The summed E-state index contributed by atoms with van der Waals surface area (Å²) in [5, 5.41) is 0. The van der Waals surface area contributed by atoms with E-state index in [4.69, 9.17) is 0 Å². The van der Waals surface area contributed by atoms with E-state index in [2.05, 4.69) is 121 Å². The van der Waals surface area contributed by atoms with Gasteiger partial charge in [-0.2, -0.15) is 0 Å². The van der Waals surface area contributed by atoms with E-state index in [0.29, 0.717) is 0 Å². The van der Waals surface area contributed by atoms with E-state index >= 15 is 0 Å². The Morgan fingerprint density at radius 1 is 0.326 bits per heavy atom. The predicted molar refractivity (Wildman–Crippen MR) is 192 cm³/mol. The molecule has 1 nitrogen and oxygen atoms in total. The lowest BCUT2D eigenvalue weighted by molar-refractivity contribution is 0.627. The van der Waals surface area contributed by atoms with Gasteiger partial charge in [0.25, 0.3) is 0 Å². The van der Waals surface area contributed by atoms with Crippen molar-refractivity contribution in [1.82, 2.24) is 0 Å². The molecule has 3 heteroatoms. The Bertz CT molecular complexity index is 1710. The van der Waals surface area contributed by atoms with Gasteiger partial charge in [0, 0.05) is 17.1 Å². The second-order valence-corrected chi connectivity index (χ2v) is 11.1. The fraction of sp³-hybridized carbons (Fsp3) is 0.0233. The largest absolute Gasteiger partial charge is 0.311 e. The van der Waals surface area contributed by atoms with Crippen LogP contribution in [0.4, 0.5) is 25.8 Å². The zero-order valence-electron chi connectivity index (χ0n) is 25.5. The Morgan fingerprint density at radius 2 is 0.543 bits per heavy atom. The zero-order valence-corrected chi connectivity index (χ0v) is 25.5. The Hall–Kier alpha value is -5.80. The highest BCUT2D eigenvalue weighted by Crippen LogP contribution is 2.35. The molecule has 0 unspecified atom stereocenters. The molecule has 0 heterocycles. The van der Waals surface area contributed by atoms with Crippen LogP contribution in [0, 0.1) is 18.6 Å². The highest BCUT2D eigenvalue weighted by molar-refractivity contribution is 5.80. The molecule has 0 N–H and O–H groups in total. The number of hydrogen-bond acceptors (Lipinski definition) is 1. The van der Waals surface area contributed by atoms with Crippen molar-refractivity contribution in [3.05, 3.63) is 196 Å². The van der Waals surface area contributed by atoms with Crippen molar-refractivity contribution >= 4 is 53.5 Å². The van der Waals surface area contributed by atoms with Crippen LogP contribution in [0.5, 0.6) is 0 Å². The molecule has 0 aliphatic carbocycles. The van der Waals surface area contributed by atoms with Crippen molar-refractivity contribution in [2.75, 3.05) is 4.90 Å². The molecule has 0 saturated heterocycles. The maximum absolute atomic E-state index is 13.3. The normalized spacial score (nSPS) is 11.5. The molecule has 0 spiro atoms. The molecule has 6 aromatic rings. The lowest BCUT2D eigenvalue weighted by Gasteiger charge is -2.26. The monoisotopic (exact) mass is 601 g/mol. The quantitative estimate of drug-likeness (QED) is 0.149. The summed E-state index contributed by atoms with van der Waals surface area (Å²) >= 11 is 0. The minimum Gasteiger partial charge on any atom is -0.311 e. The molecular weight excluding hydrogens is 568 g/mol. The first-order chi connectivity index (χ1) is 22.5. The van der Waals surface area contributed by atoms with Crippen molar-refractivity contribution in [2.24, 2.45) is 0 Å². The van der Waals surface area contributed by atoms with Gasteiger partial charge in [0.2, 0.25) is 0 Å². The summed E-state index contributed by atoms with van der Waals surface area (Å²) in [5.41, 5.74) is 10.6. The highest BCUT2D eigenvalue weighted by Gasteiger charge is 2.12. The number of aryl methyl sites for hydroxylation is 1. The van der Waals surface area contributed by atoms with E-state index in [-0.39, 0.29) is 11.6 Å². The maximum Gasteiger partial charge on any atom is 0.123 e. The SMILES string of the molecule is Cc1ccc(/C=C/c2ccc(N(c3ccc(/C=C/c4ccc(F)cc4)cc3)c3ccc(/C=C/c4ccc(F)cc4)cc3)cc2)cc1.